The fourth-order valence-electron chi connectivity index (χ4n) is 4.00. The van der Waals surface area contributed by atoms with Gasteiger partial charge < -0.3 is 9.47 Å². The van der Waals surface area contributed by atoms with E-state index in [1.807, 2.05) is 0 Å². The summed E-state index contributed by atoms with van der Waals surface area (Å²) in [5.74, 6) is 1.42. The van der Waals surface area contributed by atoms with Crippen molar-refractivity contribution >= 4 is 10.1 Å². The maximum atomic E-state index is 11.1. The van der Waals surface area contributed by atoms with Gasteiger partial charge in [-0.3, -0.25) is 4.18 Å². The summed E-state index contributed by atoms with van der Waals surface area (Å²) < 4.78 is 39.0. The van der Waals surface area contributed by atoms with Gasteiger partial charge in [-0.1, -0.05) is 0 Å². The SMILES string of the molecule is CS(=O)(=O)OCC1CC2CC1[C@H](OC1CCCCO1)C2. The van der Waals surface area contributed by atoms with Crippen LogP contribution in [0.1, 0.15) is 38.5 Å². The summed E-state index contributed by atoms with van der Waals surface area (Å²) in [4.78, 5) is 0. The van der Waals surface area contributed by atoms with Crippen LogP contribution in [0.4, 0.5) is 0 Å². The number of rotatable bonds is 5. The molecule has 0 radical (unpaired) electrons. The summed E-state index contributed by atoms with van der Waals surface area (Å²) in [5.41, 5.74) is 0. The topological polar surface area (TPSA) is 61.8 Å². The van der Waals surface area contributed by atoms with Crippen molar-refractivity contribution in [1.29, 1.82) is 0 Å². The van der Waals surface area contributed by atoms with Crippen molar-refractivity contribution in [2.45, 2.75) is 50.9 Å². The molecule has 1 saturated heterocycles. The van der Waals surface area contributed by atoms with Gasteiger partial charge in [-0.25, -0.2) is 0 Å². The quantitative estimate of drug-likeness (QED) is 0.726. The van der Waals surface area contributed by atoms with Crippen LogP contribution in [0.15, 0.2) is 0 Å². The molecule has 116 valence electrons. The van der Waals surface area contributed by atoms with Gasteiger partial charge in [0.1, 0.15) is 0 Å². The molecule has 4 unspecified atom stereocenters. The first-order valence-corrected chi connectivity index (χ1v) is 9.44. The van der Waals surface area contributed by atoms with Crippen LogP contribution in [0.5, 0.6) is 0 Å². The van der Waals surface area contributed by atoms with Gasteiger partial charge in [0.05, 0.1) is 19.0 Å². The summed E-state index contributed by atoms with van der Waals surface area (Å²) in [6.45, 7) is 1.11. The first-order valence-electron chi connectivity index (χ1n) is 7.63. The van der Waals surface area contributed by atoms with Crippen LogP contribution < -0.4 is 0 Å². The zero-order chi connectivity index (χ0) is 14.2. The maximum absolute atomic E-state index is 11.1. The summed E-state index contributed by atoms with van der Waals surface area (Å²) in [7, 11) is -3.34. The van der Waals surface area contributed by atoms with Gasteiger partial charge in [-0.05, 0) is 56.3 Å². The number of ether oxygens (including phenoxy) is 2. The van der Waals surface area contributed by atoms with Crippen molar-refractivity contribution in [3.63, 3.8) is 0 Å². The predicted octanol–water partition coefficient (Wildman–Crippen LogP) is 1.92. The van der Waals surface area contributed by atoms with Crippen LogP contribution in [0, 0.1) is 17.8 Å². The molecule has 5 nitrogen and oxygen atoms in total. The number of hydrogen-bond acceptors (Lipinski definition) is 5. The van der Waals surface area contributed by atoms with Gasteiger partial charge in [0.25, 0.3) is 10.1 Å². The second-order valence-electron chi connectivity index (χ2n) is 6.46. The zero-order valence-corrected chi connectivity index (χ0v) is 12.8. The smallest absolute Gasteiger partial charge is 0.264 e. The van der Waals surface area contributed by atoms with Crippen molar-refractivity contribution in [1.82, 2.24) is 0 Å². The summed E-state index contributed by atoms with van der Waals surface area (Å²) in [6, 6.07) is 0. The van der Waals surface area contributed by atoms with Gasteiger partial charge in [-0.2, -0.15) is 8.42 Å². The monoisotopic (exact) mass is 304 g/mol. The predicted molar refractivity (Wildman–Crippen MR) is 73.6 cm³/mol. The highest BCUT2D eigenvalue weighted by Crippen LogP contribution is 2.50. The van der Waals surface area contributed by atoms with E-state index >= 15 is 0 Å². The molecular formula is C14H24O5S. The highest BCUT2D eigenvalue weighted by molar-refractivity contribution is 7.85. The van der Waals surface area contributed by atoms with Gasteiger partial charge in [-0.15, -0.1) is 0 Å². The Kier molecular flexibility index (Phi) is 4.36. The lowest BCUT2D eigenvalue weighted by molar-refractivity contribution is -0.201. The van der Waals surface area contributed by atoms with Gasteiger partial charge in [0.2, 0.25) is 0 Å². The molecule has 0 aromatic rings. The van der Waals surface area contributed by atoms with Crippen molar-refractivity contribution in [3.8, 4) is 0 Å². The molecule has 3 aliphatic rings. The molecule has 0 aromatic carbocycles. The van der Waals surface area contributed by atoms with Crippen molar-refractivity contribution in [3.05, 3.63) is 0 Å². The molecule has 2 bridgehead atoms. The van der Waals surface area contributed by atoms with E-state index < -0.39 is 10.1 Å². The molecule has 1 heterocycles. The molecule has 6 heteroatoms. The van der Waals surface area contributed by atoms with Crippen LogP contribution in [0.2, 0.25) is 0 Å². The lowest BCUT2D eigenvalue weighted by Crippen LogP contribution is -2.35. The average molecular weight is 304 g/mol. The Labute approximate surface area is 121 Å². The molecule has 3 rings (SSSR count). The fraction of sp³-hybridized carbons (Fsp3) is 1.00. The Morgan fingerprint density at radius 2 is 2.05 bits per heavy atom. The molecule has 0 N–H and O–H groups in total. The van der Waals surface area contributed by atoms with E-state index in [0.717, 1.165) is 45.0 Å². The van der Waals surface area contributed by atoms with Crippen LogP contribution in [0.25, 0.3) is 0 Å². The Morgan fingerprint density at radius 3 is 2.70 bits per heavy atom. The van der Waals surface area contributed by atoms with Gasteiger partial charge in [0, 0.05) is 6.61 Å². The minimum absolute atomic E-state index is 0.0513. The minimum atomic E-state index is -3.34. The second kappa shape index (κ2) is 5.91. The average Bonchev–Trinajstić information content (AvgIpc) is 2.96. The Morgan fingerprint density at radius 1 is 1.20 bits per heavy atom. The number of hydrogen-bond donors (Lipinski definition) is 0. The maximum Gasteiger partial charge on any atom is 0.264 e. The Bertz CT molecular complexity index is 429. The summed E-state index contributed by atoms with van der Waals surface area (Å²) >= 11 is 0. The molecule has 5 atom stereocenters. The Balaban J connectivity index is 1.53. The van der Waals surface area contributed by atoms with Crippen molar-refractivity contribution in [2.75, 3.05) is 19.5 Å². The first-order chi connectivity index (χ1) is 9.51. The third kappa shape index (κ3) is 3.53. The zero-order valence-electron chi connectivity index (χ0n) is 12.0. The van der Waals surface area contributed by atoms with Crippen LogP contribution in [0.3, 0.4) is 0 Å². The first kappa shape index (κ1) is 14.8. The van der Waals surface area contributed by atoms with E-state index in [9.17, 15) is 8.42 Å². The second-order valence-corrected chi connectivity index (χ2v) is 8.10. The molecule has 0 spiro atoms. The lowest BCUT2D eigenvalue weighted by atomic mass is 9.87. The van der Waals surface area contributed by atoms with Gasteiger partial charge in [0.15, 0.2) is 6.29 Å². The van der Waals surface area contributed by atoms with E-state index in [-0.39, 0.29) is 12.4 Å². The standard InChI is InChI=1S/C14H24O5S/c1-20(15,16)18-9-11-6-10-7-12(11)13(8-10)19-14-4-2-3-5-17-14/h10-14H,2-9H2,1H3/t10?,11?,12?,13-,14?/m1/s1. The van der Waals surface area contributed by atoms with E-state index in [4.69, 9.17) is 13.7 Å². The van der Waals surface area contributed by atoms with Crippen LogP contribution in [-0.2, 0) is 23.8 Å². The third-order valence-corrected chi connectivity index (χ3v) is 5.42. The van der Waals surface area contributed by atoms with Crippen molar-refractivity contribution < 1.29 is 22.1 Å². The molecule has 2 saturated carbocycles. The molecule has 3 fully saturated rings. The fourth-order valence-corrected chi connectivity index (χ4v) is 4.42. The molecular weight excluding hydrogens is 280 g/mol. The van der Waals surface area contributed by atoms with E-state index in [1.165, 1.54) is 6.42 Å². The lowest BCUT2D eigenvalue weighted by Gasteiger charge is -2.33. The largest absolute Gasteiger partial charge is 0.353 e. The van der Waals surface area contributed by atoms with E-state index in [1.54, 1.807) is 0 Å². The van der Waals surface area contributed by atoms with E-state index in [0.29, 0.717) is 24.4 Å². The highest BCUT2D eigenvalue weighted by Gasteiger charge is 2.47. The van der Waals surface area contributed by atoms with Gasteiger partial charge >= 0.3 is 0 Å². The number of fused-ring (bicyclic) bond motifs is 2. The molecule has 20 heavy (non-hydrogen) atoms. The van der Waals surface area contributed by atoms with E-state index in [2.05, 4.69) is 0 Å². The summed E-state index contributed by atoms with van der Waals surface area (Å²) in [5, 5.41) is 0. The highest BCUT2D eigenvalue weighted by atomic mass is 32.2. The normalized spacial score (nSPS) is 41.1. The molecule has 0 aromatic heterocycles. The molecule has 2 aliphatic carbocycles. The Hall–Kier alpha value is -0.170. The molecule has 1 aliphatic heterocycles. The van der Waals surface area contributed by atoms with Crippen LogP contribution >= 0.6 is 0 Å². The minimum Gasteiger partial charge on any atom is -0.353 e. The van der Waals surface area contributed by atoms with Crippen molar-refractivity contribution in [2.24, 2.45) is 17.8 Å². The summed E-state index contributed by atoms with van der Waals surface area (Å²) in [6.07, 6.45) is 7.89. The van der Waals surface area contributed by atoms with Crippen LogP contribution in [-0.4, -0.2) is 40.3 Å². The molecule has 0 amide bonds. The third-order valence-electron chi connectivity index (χ3n) is 4.85.